The highest BCUT2D eigenvalue weighted by atomic mass is 35.5. The minimum absolute atomic E-state index is 0.125. The third-order valence-corrected chi connectivity index (χ3v) is 3.21. The van der Waals surface area contributed by atoms with Crippen LogP contribution < -0.4 is 5.32 Å². The Hall–Kier alpha value is -2.20. The van der Waals surface area contributed by atoms with Crippen LogP contribution in [0.3, 0.4) is 0 Å². The van der Waals surface area contributed by atoms with Crippen molar-refractivity contribution in [3.63, 3.8) is 0 Å². The monoisotopic (exact) mass is 287 g/mol. The van der Waals surface area contributed by atoms with Gasteiger partial charge in [0.05, 0.1) is 11.2 Å². The number of nitrogens with one attached hydrogen (secondary N) is 1. The number of para-hydroxylation sites is 2. The van der Waals surface area contributed by atoms with Crippen LogP contribution >= 0.6 is 11.6 Å². The van der Waals surface area contributed by atoms with Gasteiger partial charge in [-0.1, -0.05) is 24.3 Å². The molecule has 0 spiro atoms. The molecule has 5 heteroatoms. The summed E-state index contributed by atoms with van der Waals surface area (Å²) in [5.41, 5.74) is 1.90. The van der Waals surface area contributed by atoms with E-state index < -0.39 is 0 Å². The minimum Gasteiger partial charge on any atom is -0.337 e. The lowest BCUT2D eigenvalue weighted by Crippen LogP contribution is -2.00. The number of hydrogen-bond donors (Lipinski definition) is 1. The summed E-state index contributed by atoms with van der Waals surface area (Å²) in [6.07, 6.45) is 0. The first-order chi connectivity index (χ1) is 9.65. The Morgan fingerprint density at radius 2 is 1.85 bits per heavy atom. The van der Waals surface area contributed by atoms with Crippen LogP contribution in [0.4, 0.5) is 15.9 Å². The number of benzene rings is 2. The number of hydrogen-bond acceptors (Lipinski definition) is 3. The summed E-state index contributed by atoms with van der Waals surface area (Å²) < 4.78 is 13.9. The first-order valence-electron chi connectivity index (χ1n) is 6.09. The molecule has 20 heavy (non-hydrogen) atoms. The highest BCUT2D eigenvalue weighted by Crippen LogP contribution is 2.28. The van der Waals surface area contributed by atoms with Crippen LogP contribution in [0.15, 0.2) is 42.5 Å². The van der Waals surface area contributed by atoms with Crippen LogP contribution in [0.1, 0.15) is 5.56 Å². The molecule has 3 rings (SSSR count). The Morgan fingerprint density at radius 3 is 2.65 bits per heavy atom. The van der Waals surface area contributed by atoms with Crippen LogP contribution in [0.2, 0.25) is 5.28 Å². The molecule has 0 saturated heterocycles. The average Bonchev–Trinajstić information content (AvgIpc) is 2.42. The summed E-state index contributed by atoms with van der Waals surface area (Å²) in [4.78, 5) is 8.30. The molecule has 0 atom stereocenters. The van der Waals surface area contributed by atoms with Gasteiger partial charge in [-0.15, -0.1) is 0 Å². The van der Waals surface area contributed by atoms with Gasteiger partial charge in [-0.25, -0.2) is 9.37 Å². The number of aryl methyl sites for hydroxylation is 1. The Kier molecular flexibility index (Phi) is 3.24. The van der Waals surface area contributed by atoms with E-state index in [1.54, 1.807) is 6.07 Å². The second-order valence-corrected chi connectivity index (χ2v) is 4.75. The Morgan fingerprint density at radius 1 is 1.05 bits per heavy atom. The van der Waals surface area contributed by atoms with E-state index >= 15 is 0 Å². The van der Waals surface area contributed by atoms with Crippen molar-refractivity contribution in [2.24, 2.45) is 0 Å². The molecule has 100 valence electrons. The summed E-state index contributed by atoms with van der Waals surface area (Å²) in [6, 6.07) is 12.3. The Balaban J connectivity index is 2.16. The molecule has 2 aromatic carbocycles. The van der Waals surface area contributed by atoms with Crippen molar-refractivity contribution >= 4 is 34.0 Å². The van der Waals surface area contributed by atoms with Crippen LogP contribution in [0, 0.1) is 12.7 Å². The molecule has 0 aliphatic rings. The van der Waals surface area contributed by atoms with E-state index in [9.17, 15) is 4.39 Å². The molecule has 0 saturated carbocycles. The number of rotatable bonds is 2. The van der Waals surface area contributed by atoms with E-state index in [4.69, 9.17) is 11.6 Å². The van der Waals surface area contributed by atoms with E-state index in [0.717, 1.165) is 10.9 Å². The maximum Gasteiger partial charge on any atom is 0.224 e. The molecule has 0 unspecified atom stereocenters. The zero-order valence-electron chi connectivity index (χ0n) is 10.7. The van der Waals surface area contributed by atoms with Gasteiger partial charge in [-0.2, -0.15) is 4.98 Å². The summed E-state index contributed by atoms with van der Waals surface area (Å²) in [6.45, 7) is 1.83. The summed E-state index contributed by atoms with van der Waals surface area (Å²) >= 11 is 5.91. The van der Waals surface area contributed by atoms with Gasteiger partial charge in [-0.3, -0.25) is 0 Å². The molecule has 3 nitrogen and oxygen atoms in total. The molecular weight excluding hydrogens is 277 g/mol. The molecule has 0 fully saturated rings. The number of halogens is 2. The molecule has 0 aliphatic heterocycles. The Bertz CT molecular complexity index is 769. The second-order valence-electron chi connectivity index (χ2n) is 4.42. The third-order valence-electron chi connectivity index (χ3n) is 3.04. The van der Waals surface area contributed by atoms with Crippen molar-refractivity contribution in [1.29, 1.82) is 0 Å². The van der Waals surface area contributed by atoms with Crippen molar-refractivity contribution in [2.75, 3.05) is 5.32 Å². The lowest BCUT2D eigenvalue weighted by molar-refractivity contribution is 0.631. The number of anilines is 2. The molecule has 3 aromatic rings. The molecular formula is C15H11ClFN3. The van der Waals surface area contributed by atoms with Crippen LogP contribution in [0.5, 0.6) is 0 Å². The topological polar surface area (TPSA) is 37.8 Å². The number of nitrogens with zero attached hydrogens (tertiary/aromatic N) is 2. The molecule has 1 heterocycles. The molecule has 0 aliphatic carbocycles. The van der Waals surface area contributed by atoms with Gasteiger partial charge in [0.1, 0.15) is 11.6 Å². The molecule has 1 N–H and O–H groups in total. The van der Waals surface area contributed by atoms with Gasteiger partial charge in [0.2, 0.25) is 5.28 Å². The van der Waals surface area contributed by atoms with Gasteiger partial charge in [0.25, 0.3) is 0 Å². The molecule has 0 radical (unpaired) electrons. The zero-order valence-corrected chi connectivity index (χ0v) is 11.4. The smallest absolute Gasteiger partial charge is 0.224 e. The van der Waals surface area contributed by atoms with E-state index in [1.165, 1.54) is 6.07 Å². The number of fused-ring (bicyclic) bond motifs is 1. The van der Waals surface area contributed by atoms with Gasteiger partial charge in [0, 0.05) is 5.39 Å². The fourth-order valence-corrected chi connectivity index (χ4v) is 2.23. The van der Waals surface area contributed by atoms with Crippen LogP contribution in [0.25, 0.3) is 10.9 Å². The minimum atomic E-state index is -0.330. The molecule has 0 bridgehead atoms. The standard InChI is InChI=1S/C15H11ClFN3/c1-9-5-4-7-11(17)13(9)19-14-10-6-2-3-8-12(10)18-15(16)20-14/h2-8H,1H3,(H,18,19,20). The zero-order chi connectivity index (χ0) is 14.1. The molecule has 1 aromatic heterocycles. The van der Waals surface area contributed by atoms with E-state index in [-0.39, 0.29) is 11.1 Å². The Labute approximate surface area is 120 Å². The predicted octanol–water partition coefficient (Wildman–Crippen LogP) is 4.47. The first kappa shape index (κ1) is 12.8. The highest BCUT2D eigenvalue weighted by molar-refractivity contribution is 6.28. The summed E-state index contributed by atoms with van der Waals surface area (Å²) in [5, 5.41) is 3.93. The summed E-state index contributed by atoms with van der Waals surface area (Å²) in [5.74, 6) is 0.164. The van der Waals surface area contributed by atoms with Gasteiger partial charge in [0.15, 0.2) is 0 Å². The maximum absolute atomic E-state index is 13.9. The SMILES string of the molecule is Cc1cccc(F)c1Nc1nc(Cl)nc2ccccc12. The lowest BCUT2D eigenvalue weighted by atomic mass is 10.2. The van der Waals surface area contributed by atoms with Crippen LogP contribution in [-0.4, -0.2) is 9.97 Å². The first-order valence-corrected chi connectivity index (χ1v) is 6.47. The lowest BCUT2D eigenvalue weighted by Gasteiger charge is -2.12. The fraction of sp³-hybridized carbons (Fsp3) is 0.0667. The maximum atomic E-state index is 13.9. The third kappa shape index (κ3) is 2.30. The van der Waals surface area contributed by atoms with Crippen molar-refractivity contribution in [3.05, 3.63) is 59.1 Å². The largest absolute Gasteiger partial charge is 0.337 e. The van der Waals surface area contributed by atoms with E-state index in [0.29, 0.717) is 17.0 Å². The summed E-state index contributed by atoms with van der Waals surface area (Å²) in [7, 11) is 0. The highest BCUT2D eigenvalue weighted by Gasteiger charge is 2.10. The average molecular weight is 288 g/mol. The van der Waals surface area contributed by atoms with Crippen molar-refractivity contribution < 1.29 is 4.39 Å². The van der Waals surface area contributed by atoms with E-state index in [1.807, 2.05) is 37.3 Å². The van der Waals surface area contributed by atoms with E-state index in [2.05, 4.69) is 15.3 Å². The van der Waals surface area contributed by atoms with Crippen molar-refractivity contribution in [2.45, 2.75) is 6.92 Å². The van der Waals surface area contributed by atoms with Crippen molar-refractivity contribution in [3.8, 4) is 0 Å². The van der Waals surface area contributed by atoms with Crippen molar-refractivity contribution in [1.82, 2.24) is 9.97 Å². The van der Waals surface area contributed by atoms with Gasteiger partial charge in [-0.05, 0) is 42.3 Å². The quantitative estimate of drug-likeness (QED) is 0.707. The number of aromatic nitrogens is 2. The van der Waals surface area contributed by atoms with Crippen LogP contribution in [-0.2, 0) is 0 Å². The predicted molar refractivity (Wildman–Crippen MR) is 79.0 cm³/mol. The molecule has 0 amide bonds. The normalized spacial score (nSPS) is 10.8. The van der Waals surface area contributed by atoms with Gasteiger partial charge >= 0.3 is 0 Å². The fourth-order valence-electron chi connectivity index (χ4n) is 2.05. The second kappa shape index (κ2) is 5.06. The van der Waals surface area contributed by atoms with Gasteiger partial charge < -0.3 is 5.32 Å².